The maximum Gasteiger partial charge on any atom is 0.239 e. The van der Waals surface area contributed by atoms with Gasteiger partial charge in [0, 0.05) is 13.1 Å². The summed E-state index contributed by atoms with van der Waals surface area (Å²) in [5, 5.41) is 10.9. The van der Waals surface area contributed by atoms with Crippen LogP contribution in [0.5, 0.6) is 0 Å². The average molecular weight is 197 g/mol. The van der Waals surface area contributed by atoms with Crippen LogP contribution in [-0.4, -0.2) is 36.3 Å². The summed E-state index contributed by atoms with van der Waals surface area (Å²) < 4.78 is 0. The zero-order chi connectivity index (χ0) is 11.1. The van der Waals surface area contributed by atoms with E-state index in [4.69, 9.17) is 5.26 Å². The topological polar surface area (TPSA) is 73.2 Å². The Bertz CT molecular complexity index is 255. The Morgan fingerprint density at radius 3 is 2.50 bits per heavy atom. The van der Waals surface area contributed by atoms with Gasteiger partial charge in [0.2, 0.25) is 11.8 Å². The van der Waals surface area contributed by atoms with Gasteiger partial charge in [-0.25, -0.2) is 0 Å². The molecule has 0 saturated carbocycles. The lowest BCUT2D eigenvalue weighted by Crippen LogP contribution is -2.40. The maximum absolute atomic E-state index is 11.2. The smallest absolute Gasteiger partial charge is 0.239 e. The van der Waals surface area contributed by atoms with Crippen molar-refractivity contribution in [2.75, 3.05) is 13.6 Å². The van der Waals surface area contributed by atoms with Crippen LogP contribution in [0, 0.1) is 11.3 Å². The van der Waals surface area contributed by atoms with Crippen molar-refractivity contribution in [2.45, 2.75) is 26.3 Å². The predicted molar refractivity (Wildman–Crippen MR) is 51.1 cm³/mol. The molecule has 0 bridgehead atoms. The lowest BCUT2D eigenvalue weighted by Gasteiger charge is -2.16. The fourth-order valence-electron chi connectivity index (χ4n) is 0.874. The first-order valence-corrected chi connectivity index (χ1v) is 4.37. The lowest BCUT2D eigenvalue weighted by atomic mass is 10.3. The van der Waals surface area contributed by atoms with E-state index >= 15 is 0 Å². The van der Waals surface area contributed by atoms with Gasteiger partial charge in [0.15, 0.2) is 0 Å². The van der Waals surface area contributed by atoms with Gasteiger partial charge < -0.3 is 10.2 Å². The van der Waals surface area contributed by atoms with E-state index in [1.54, 1.807) is 6.07 Å². The number of nitriles is 1. The summed E-state index contributed by atoms with van der Waals surface area (Å²) in [6.45, 7) is 3.68. The second kappa shape index (κ2) is 5.97. The largest absolute Gasteiger partial charge is 0.352 e. The van der Waals surface area contributed by atoms with E-state index in [1.807, 2.05) is 13.8 Å². The Hall–Kier alpha value is -1.57. The van der Waals surface area contributed by atoms with Crippen LogP contribution < -0.4 is 5.32 Å². The molecule has 0 aromatic heterocycles. The number of hydrogen-bond acceptors (Lipinski definition) is 3. The molecule has 5 heteroatoms. The molecule has 1 N–H and O–H groups in total. The molecule has 14 heavy (non-hydrogen) atoms. The first kappa shape index (κ1) is 12.4. The van der Waals surface area contributed by atoms with Gasteiger partial charge in [-0.15, -0.1) is 0 Å². The molecule has 0 aromatic rings. The average Bonchev–Trinajstić information content (AvgIpc) is 2.02. The number of hydrogen-bond donors (Lipinski definition) is 1. The lowest BCUT2D eigenvalue weighted by molar-refractivity contribution is -0.134. The summed E-state index contributed by atoms with van der Waals surface area (Å²) in [6, 6.07) is 1.80. The molecule has 0 aliphatic heterocycles. The number of nitrogens with zero attached hydrogens (tertiary/aromatic N) is 2. The van der Waals surface area contributed by atoms with E-state index in [2.05, 4.69) is 5.32 Å². The summed E-state index contributed by atoms with van der Waals surface area (Å²) >= 11 is 0. The van der Waals surface area contributed by atoms with Crippen molar-refractivity contribution in [1.82, 2.24) is 10.2 Å². The molecular weight excluding hydrogens is 182 g/mol. The van der Waals surface area contributed by atoms with E-state index in [-0.39, 0.29) is 30.8 Å². The fourth-order valence-corrected chi connectivity index (χ4v) is 0.874. The molecule has 2 amide bonds. The second-order valence-electron chi connectivity index (χ2n) is 3.31. The Labute approximate surface area is 83.7 Å². The number of likely N-dealkylation sites (N-methyl/N-ethyl adjacent to an activating group) is 1. The van der Waals surface area contributed by atoms with Crippen molar-refractivity contribution >= 4 is 11.8 Å². The molecule has 0 heterocycles. The Morgan fingerprint density at radius 1 is 1.50 bits per heavy atom. The first-order chi connectivity index (χ1) is 6.47. The van der Waals surface area contributed by atoms with E-state index in [0.29, 0.717) is 0 Å². The van der Waals surface area contributed by atoms with Crippen LogP contribution in [0.2, 0.25) is 0 Å². The highest BCUT2D eigenvalue weighted by atomic mass is 16.2. The van der Waals surface area contributed by atoms with Crippen molar-refractivity contribution in [3.8, 4) is 6.07 Å². The van der Waals surface area contributed by atoms with Crippen molar-refractivity contribution in [3.63, 3.8) is 0 Å². The molecule has 5 nitrogen and oxygen atoms in total. The van der Waals surface area contributed by atoms with Gasteiger partial charge in [0.05, 0.1) is 12.6 Å². The minimum absolute atomic E-state index is 0.00130. The summed E-state index contributed by atoms with van der Waals surface area (Å²) in [4.78, 5) is 23.5. The van der Waals surface area contributed by atoms with Gasteiger partial charge >= 0.3 is 0 Å². The molecule has 0 atom stereocenters. The summed E-state index contributed by atoms with van der Waals surface area (Å²) in [5.74, 6) is -0.555. The third-order valence-electron chi connectivity index (χ3n) is 1.49. The molecule has 0 fully saturated rings. The molecule has 78 valence electrons. The highest BCUT2D eigenvalue weighted by Gasteiger charge is 2.12. The van der Waals surface area contributed by atoms with E-state index in [9.17, 15) is 9.59 Å². The SMILES string of the molecule is CC(C)NC(=O)CN(C)C(=O)CC#N. The predicted octanol–water partition coefficient (Wildman–Crippen LogP) is -0.117. The summed E-state index contributed by atoms with van der Waals surface area (Å²) in [5.41, 5.74) is 0. The number of amides is 2. The standard InChI is InChI=1S/C9H15N3O2/c1-7(2)11-8(13)6-12(3)9(14)4-5-10/h7H,4,6H2,1-3H3,(H,11,13). The third-order valence-corrected chi connectivity index (χ3v) is 1.49. The number of nitrogens with one attached hydrogen (secondary N) is 1. The van der Waals surface area contributed by atoms with Gasteiger partial charge in [-0.05, 0) is 13.8 Å². The number of carbonyl (C=O) groups excluding carboxylic acids is 2. The zero-order valence-corrected chi connectivity index (χ0v) is 8.70. The van der Waals surface area contributed by atoms with Gasteiger partial charge in [-0.2, -0.15) is 5.26 Å². The van der Waals surface area contributed by atoms with Crippen LogP contribution in [0.25, 0.3) is 0 Å². The third kappa shape index (κ3) is 5.14. The quantitative estimate of drug-likeness (QED) is 0.683. The normalized spacial score (nSPS) is 9.36. The Kier molecular flexibility index (Phi) is 5.30. The minimum atomic E-state index is -0.341. The minimum Gasteiger partial charge on any atom is -0.352 e. The van der Waals surface area contributed by atoms with Crippen LogP contribution in [0.3, 0.4) is 0 Å². The summed E-state index contributed by atoms with van der Waals surface area (Å²) in [6.07, 6.45) is -0.189. The van der Waals surface area contributed by atoms with Crippen LogP contribution in [0.1, 0.15) is 20.3 Å². The van der Waals surface area contributed by atoms with Crippen molar-refractivity contribution in [1.29, 1.82) is 5.26 Å². The molecule has 0 radical (unpaired) electrons. The zero-order valence-electron chi connectivity index (χ0n) is 8.70. The van der Waals surface area contributed by atoms with Crippen molar-refractivity contribution in [2.24, 2.45) is 0 Å². The van der Waals surface area contributed by atoms with Gasteiger partial charge in [-0.3, -0.25) is 9.59 Å². The summed E-state index contributed by atoms with van der Waals surface area (Å²) in [7, 11) is 1.50. The molecule has 0 aliphatic carbocycles. The second-order valence-corrected chi connectivity index (χ2v) is 3.31. The number of carbonyl (C=O) groups is 2. The van der Waals surface area contributed by atoms with Gasteiger partial charge in [0.25, 0.3) is 0 Å². The van der Waals surface area contributed by atoms with Crippen LogP contribution in [0.4, 0.5) is 0 Å². The molecular formula is C9H15N3O2. The molecule has 0 unspecified atom stereocenters. The molecule has 0 saturated heterocycles. The number of rotatable bonds is 4. The van der Waals surface area contributed by atoms with Crippen molar-refractivity contribution < 1.29 is 9.59 Å². The van der Waals surface area contributed by atoms with Gasteiger partial charge in [-0.1, -0.05) is 0 Å². The highest BCUT2D eigenvalue weighted by Crippen LogP contribution is 1.89. The van der Waals surface area contributed by atoms with E-state index in [0.717, 1.165) is 0 Å². The van der Waals surface area contributed by atoms with E-state index in [1.165, 1.54) is 11.9 Å². The van der Waals surface area contributed by atoms with Gasteiger partial charge in [0.1, 0.15) is 6.42 Å². The molecule has 0 rings (SSSR count). The highest BCUT2D eigenvalue weighted by molar-refractivity contribution is 5.85. The fraction of sp³-hybridized carbons (Fsp3) is 0.667. The van der Waals surface area contributed by atoms with E-state index < -0.39 is 0 Å². The van der Waals surface area contributed by atoms with Crippen molar-refractivity contribution in [3.05, 3.63) is 0 Å². The van der Waals surface area contributed by atoms with Crippen LogP contribution >= 0.6 is 0 Å². The monoisotopic (exact) mass is 197 g/mol. The Morgan fingerprint density at radius 2 is 2.07 bits per heavy atom. The van der Waals surface area contributed by atoms with Crippen LogP contribution in [0.15, 0.2) is 0 Å². The molecule has 0 aliphatic rings. The van der Waals surface area contributed by atoms with Crippen LogP contribution in [-0.2, 0) is 9.59 Å². The first-order valence-electron chi connectivity index (χ1n) is 4.37. The molecule has 0 aromatic carbocycles. The molecule has 0 spiro atoms. The Balaban J connectivity index is 3.94. The maximum atomic E-state index is 11.2.